The van der Waals surface area contributed by atoms with Crippen LogP contribution >= 0.6 is 0 Å². The van der Waals surface area contributed by atoms with Crippen LogP contribution in [-0.4, -0.2) is 21.5 Å². The first-order valence-corrected chi connectivity index (χ1v) is 6.19. The second-order valence-corrected chi connectivity index (χ2v) is 4.43. The number of aromatic nitrogens is 3. The Hall–Kier alpha value is -1.82. The molecule has 2 N–H and O–H groups in total. The van der Waals surface area contributed by atoms with E-state index in [-0.39, 0.29) is 5.69 Å². The van der Waals surface area contributed by atoms with Crippen molar-refractivity contribution in [3.63, 3.8) is 0 Å². The molecule has 0 aliphatic rings. The van der Waals surface area contributed by atoms with E-state index in [9.17, 15) is 8.78 Å². The average molecular weight is 266 g/mol. The van der Waals surface area contributed by atoms with Crippen molar-refractivity contribution in [3.05, 3.63) is 41.2 Å². The molecule has 0 fully saturated rings. The molecule has 0 saturated heterocycles. The predicted octanol–water partition coefficient (Wildman–Crippen LogP) is 2.14. The van der Waals surface area contributed by atoms with Crippen molar-refractivity contribution in [1.82, 2.24) is 15.0 Å². The Balaban J connectivity index is 2.25. The average Bonchev–Trinajstić information content (AvgIpc) is 2.83. The van der Waals surface area contributed by atoms with Crippen molar-refractivity contribution in [3.8, 4) is 5.69 Å². The maximum atomic E-state index is 13.9. The third-order valence-corrected chi connectivity index (χ3v) is 2.92. The number of halogens is 2. The molecule has 0 saturated carbocycles. The Labute approximate surface area is 110 Å². The van der Waals surface area contributed by atoms with E-state index in [0.717, 1.165) is 17.5 Å². The van der Waals surface area contributed by atoms with Gasteiger partial charge in [0.1, 0.15) is 5.69 Å². The van der Waals surface area contributed by atoms with Gasteiger partial charge in [0.2, 0.25) is 0 Å². The van der Waals surface area contributed by atoms with Crippen LogP contribution in [0.15, 0.2) is 18.3 Å². The molecule has 1 aromatic heterocycles. The molecule has 0 unspecified atom stereocenters. The molecule has 19 heavy (non-hydrogen) atoms. The van der Waals surface area contributed by atoms with Crippen molar-refractivity contribution >= 4 is 0 Å². The number of rotatable bonds is 5. The lowest BCUT2D eigenvalue weighted by molar-refractivity contribution is 0.551. The lowest BCUT2D eigenvalue weighted by Gasteiger charge is -2.05. The van der Waals surface area contributed by atoms with E-state index in [1.807, 2.05) is 0 Å². The van der Waals surface area contributed by atoms with E-state index < -0.39 is 11.6 Å². The number of hydrogen-bond acceptors (Lipinski definition) is 3. The monoisotopic (exact) mass is 266 g/mol. The van der Waals surface area contributed by atoms with Crippen LogP contribution in [0.2, 0.25) is 0 Å². The minimum Gasteiger partial charge on any atom is -0.330 e. The molecule has 0 radical (unpaired) electrons. The zero-order valence-electron chi connectivity index (χ0n) is 10.7. The molecule has 4 nitrogen and oxygen atoms in total. The second kappa shape index (κ2) is 5.88. The van der Waals surface area contributed by atoms with Gasteiger partial charge in [0.05, 0.1) is 11.9 Å². The molecule has 0 atom stereocenters. The minimum absolute atomic E-state index is 0.183. The van der Waals surface area contributed by atoms with Crippen LogP contribution in [0, 0.1) is 18.6 Å². The molecule has 2 aromatic rings. The molecule has 0 spiro atoms. The first-order valence-electron chi connectivity index (χ1n) is 6.19. The Morgan fingerprint density at radius 2 is 2.05 bits per heavy atom. The zero-order chi connectivity index (χ0) is 13.8. The highest BCUT2D eigenvalue weighted by Gasteiger charge is 2.15. The number of nitrogens with two attached hydrogens (primary N) is 1. The Bertz CT molecular complexity index is 566. The van der Waals surface area contributed by atoms with Gasteiger partial charge in [-0.3, -0.25) is 0 Å². The van der Waals surface area contributed by atoms with E-state index in [4.69, 9.17) is 5.73 Å². The maximum absolute atomic E-state index is 13.9. The summed E-state index contributed by atoms with van der Waals surface area (Å²) in [6.07, 6.45) is 4.03. The van der Waals surface area contributed by atoms with Crippen molar-refractivity contribution < 1.29 is 8.78 Å². The number of nitrogens with zero attached hydrogens (tertiary/aromatic N) is 3. The van der Waals surface area contributed by atoms with Gasteiger partial charge in [-0.25, -0.2) is 13.5 Å². The highest BCUT2D eigenvalue weighted by Crippen LogP contribution is 2.20. The summed E-state index contributed by atoms with van der Waals surface area (Å²) in [4.78, 5) is 0. The van der Waals surface area contributed by atoms with Gasteiger partial charge in [-0.05, 0) is 44.4 Å². The van der Waals surface area contributed by atoms with Gasteiger partial charge in [0.25, 0.3) is 0 Å². The molecule has 1 heterocycles. The quantitative estimate of drug-likeness (QED) is 0.843. The van der Waals surface area contributed by atoms with Gasteiger partial charge in [-0.1, -0.05) is 11.3 Å². The molecular weight excluding hydrogens is 250 g/mol. The normalized spacial score (nSPS) is 10.9. The SMILES string of the molecule is Cc1ccc(F)c(-n2cc(CCCCN)nn2)c1F. The van der Waals surface area contributed by atoms with Gasteiger partial charge < -0.3 is 5.73 Å². The minimum atomic E-state index is -0.651. The van der Waals surface area contributed by atoms with Crippen molar-refractivity contribution in [2.75, 3.05) is 6.54 Å². The molecule has 102 valence electrons. The smallest absolute Gasteiger partial charge is 0.154 e. The van der Waals surface area contributed by atoms with Crippen molar-refractivity contribution in [1.29, 1.82) is 0 Å². The summed E-state index contributed by atoms with van der Waals surface area (Å²) in [6, 6.07) is 2.62. The highest BCUT2D eigenvalue weighted by atomic mass is 19.1. The van der Waals surface area contributed by atoms with Gasteiger partial charge in [-0.15, -0.1) is 5.10 Å². The summed E-state index contributed by atoms with van der Waals surface area (Å²) >= 11 is 0. The number of aryl methyl sites for hydroxylation is 2. The van der Waals surface area contributed by atoms with Crippen LogP contribution in [0.3, 0.4) is 0 Å². The number of unbranched alkanes of at least 4 members (excludes halogenated alkanes) is 1. The largest absolute Gasteiger partial charge is 0.330 e. The van der Waals surface area contributed by atoms with E-state index in [0.29, 0.717) is 24.2 Å². The number of benzene rings is 1. The van der Waals surface area contributed by atoms with Gasteiger partial charge in [0, 0.05) is 0 Å². The molecule has 1 aromatic carbocycles. The molecule has 0 aliphatic heterocycles. The van der Waals surface area contributed by atoms with Crippen LogP contribution in [0.5, 0.6) is 0 Å². The molecule has 6 heteroatoms. The first kappa shape index (κ1) is 13.6. The fourth-order valence-electron chi connectivity index (χ4n) is 1.82. The van der Waals surface area contributed by atoms with Gasteiger partial charge in [-0.2, -0.15) is 0 Å². The predicted molar refractivity (Wildman–Crippen MR) is 68.0 cm³/mol. The third-order valence-electron chi connectivity index (χ3n) is 2.92. The fraction of sp³-hybridized carbons (Fsp3) is 0.385. The molecular formula is C13H16F2N4. The van der Waals surface area contributed by atoms with Crippen LogP contribution < -0.4 is 5.73 Å². The van der Waals surface area contributed by atoms with Crippen molar-refractivity contribution in [2.24, 2.45) is 5.73 Å². The fourth-order valence-corrected chi connectivity index (χ4v) is 1.82. The van der Waals surface area contributed by atoms with E-state index in [1.54, 1.807) is 13.1 Å². The van der Waals surface area contributed by atoms with E-state index in [2.05, 4.69) is 10.3 Å². The Kier molecular flexibility index (Phi) is 4.21. The van der Waals surface area contributed by atoms with E-state index >= 15 is 0 Å². The molecule has 0 aliphatic carbocycles. The van der Waals surface area contributed by atoms with Crippen LogP contribution in [0.25, 0.3) is 5.69 Å². The second-order valence-electron chi connectivity index (χ2n) is 4.43. The maximum Gasteiger partial charge on any atom is 0.154 e. The summed E-state index contributed by atoms with van der Waals surface area (Å²) in [6.45, 7) is 2.20. The standard InChI is InChI=1S/C13H16F2N4/c1-9-5-6-11(14)13(12(9)15)19-8-10(17-18-19)4-2-3-7-16/h5-6,8H,2-4,7,16H2,1H3. The third kappa shape index (κ3) is 2.96. The Morgan fingerprint density at radius 1 is 1.26 bits per heavy atom. The van der Waals surface area contributed by atoms with Gasteiger partial charge >= 0.3 is 0 Å². The van der Waals surface area contributed by atoms with Gasteiger partial charge in [0.15, 0.2) is 11.6 Å². The van der Waals surface area contributed by atoms with Crippen molar-refractivity contribution in [2.45, 2.75) is 26.2 Å². The summed E-state index contributed by atoms with van der Waals surface area (Å²) < 4.78 is 28.8. The highest BCUT2D eigenvalue weighted by molar-refractivity contribution is 5.38. The number of hydrogen-bond donors (Lipinski definition) is 1. The lowest BCUT2D eigenvalue weighted by Crippen LogP contribution is -2.04. The molecule has 0 amide bonds. The first-order chi connectivity index (χ1) is 9.13. The summed E-state index contributed by atoms with van der Waals surface area (Å²) in [5, 5.41) is 7.70. The zero-order valence-corrected chi connectivity index (χ0v) is 10.7. The van der Waals surface area contributed by atoms with Crippen LogP contribution in [-0.2, 0) is 6.42 Å². The lowest BCUT2D eigenvalue weighted by atomic mass is 10.2. The van der Waals surface area contributed by atoms with E-state index in [1.165, 1.54) is 12.1 Å². The summed E-state index contributed by atoms with van der Waals surface area (Å²) in [7, 11) is 0. The Morgan fingerprint density at radius 3 is 2.79 bits per heavy atom. The van der Waals surface area contributed by atoms with Crippen LogP contribution in [0.4, 0.5) is 8.78 Å². The summed E-state index contributed by atoms with van der Waals surface area (Å²) in [5.41, 5.74) is 6.30. The summed E-state index contributed by atoms with van der Waals surface area (Å²) in [5.74, 6) is -1.26. The topological polar surface area (TPSA) is 56.7 Å². The molecule has 0 bridgehead atoms. The van der Waals surface area contributed by atoms with Crippen LogP contribution in [0.1, 0.15) is 24.1 Å². The molecule has 2 rings (SSSR count).